The largest absolute Gasteiger partial charge is 0.208 e. The molecule has 0 spiro atoms. The third-order valence-corrected chi connectivity index (χ3v) is 10.7. The number of hydrogen-bond donors (Lipinski definition) is 0. The molecule has 0 atom stereocenters. The Morgan fingerprint density at radius 3 is 1.75 bits per heavy atom. The van der Waals surface area contributed by atoms with Crippen LogP contribution in [0.3, 0.4) is 0 Å². The van der Waals surface area contributed by atoms with Crippen LogP contribution in [0.25, 0.3) is 88.7 Å². The van der Waals surface area contributed by atoms with E-state index in [4.69, 9.17) is 15.0 Å². The third kappa shape index (κ3) is 4.62. The van der Waals surface area contributed by atoms with Crippen molar-refractivity contribution in [3.8, 4) is 56.4 Å². The summed E-state index contributed by atoms with van der Waals surface area (Å²) in [5.74, 6) is 1.97. The molecule has 9 aromatic rings. The number of hydrogen-bond acceptors (Lipinski definition) is 3. The third-order valence-electron chi connectivity index (χ3n) is 10.7. The molecule has 0 saturated heterocycles. The molecule has 0 N–H and O–H groups in total. The van der Waals surface area contributed by atoms with Crippen molar-refractivity contribution in [3.05, 3.63) is 175 Å². The van der Waals surface area contributed by atoms with Gasteiger partial charge in [-0.05, 0) is 71.8 Å². The number of nitrogens with zero attached hydrogens (tertiary/aromatic N) is 3. The van der Waals surface area contributed by atoms with Crippen molar-refractivity contribution in [1.29, 1.82) is 0 Å². The zero-order valence-corrected chi connectivity index (χ0v) is 28.4. The van der Waals surface area contributed by atoms with Gasteiger partial charge in [-0.3, -0.25) is 0 Å². The van der Waals surface area contributed by atoms with Crippen LogP contribution in [0.5, 0.6) is 0 Å². The lowest BCUT2D eigenvalue weighted by Gasteiger charge is -2.21. The van der Waals surface area contributed by atoms with Gasteiger partial charge in [0.2, 0.25) is 0 Å². The maximum absolute atomic E-state index is 5.27. The SMILES string of the molecule is CC1(C)c2ccccc2-c2c(-c3ccc(-c4nc(-c5ccccc5)nc(-c5c6ccccc6cc6c5ccc5ccccc56)n4)cc3)cccc21. The fourth-order valence-corrected chi connectivity index (χ4v) is 8.19. The van der Waals surface area contributed by atoms with Crippen LogP contribution in [0.4, 0.5) is 0 Å². The van der Waals surface area contributed by atoms with E-state index in [0.717, 1.165) is 32.8 Å². The average molecular weight is 652 g/mol. The molecule has 0 saturated carbocycles. The van der Waals surface area contributed by atoms with Crippen molar-refractivity contribution in [1.82, 2.24) is 15.0 Å². The highest BCUT2D eigenvalue weighted by Gasteiger charge is 2.36. The van der Waals surface area contributed by atoms with Crippen LogP contribution in [0.15, 0.2) is 164 Å². The monoisotopic (exact) mass is 651 g/mol. The second kappa shape index (κ2) is 11.3. The minimum Gasteiger partial charge on any atom is -0.208 e. The summed E-state index contributed by atoms with van der Waals surface area (Å²) in [6, 6.07) is 58.4. The second-order valence-electron chi connectivity index (χ2n) is 14.0. The molecule has 0 amide bonds. The molecule has 1 heterocycles. The molecule has 3 heteroatoms. The summed E-state index contributed by atoms with van der Waals surface area (Å²) >= 11 is 0. The van der Waals surface area contributed by atoms with E-state index in [9.17, 15) is 0 Å². The van der Waals surface area contributed by atoms with Crippen molar-refractivity contribution in [2.45, 2.75) is 19.3 Å². The number of benzene rings is 8. The highest BCUT2D eigenvalue weighted by molar-refractivity contribution is 6.19. The quantitative estimate of drug-likeness (QED) is 0.140. The lowest BCUT2D eigenvalue weighted by molar-refractivity contribution is 0.660. The van der Waals surface area contributed by atoms with E-state index >= 15 is 0 Å². The lowest BCUT2D eigenvalue weighted by Crippen LogP contribution is -2.14. The van der Waals surface area contributed by atoms with Crippen molar-refractivity contribution in [2.75, 3.05) is 0 Å². The van der Waals surface area contributed by atoms with Crippen LogP contribution in [0, 0.1) is 0 Å². The lowest BCUT2D eigenvalue weighted by atomic mass is 9.82. The molecular weight excluding hydrogens is 619 g/mol. The van der Waals surface area contributed by atoms with Crippen LogP contribution < -0.4 is 0 Å². The van der Waals surface area contributed by atoms with E-state index in [1.165, 1.54) is 49.5 Å². The summed E-state index contributed by atoms with van der Waals surface area (Å²) in [5.41, 5.74) is 10.7. The van der Waals surface area contributed by atoms with E-state index in [1.807, 2.05) is 18.2 Å². The Labute approximate surface area is 297 Å². The van der Waals surface area contributed by atoms with E-state index in [0.29, 0.717) is 17.5 Å². The van der Waals surface area contributed by atoms with Gasteiger partial charge in [-0.1, -0.05) is 172 Å². The molecule has 8 aromatic carbocycles. The summed E-state index contributed by atoms with van der Waals surface area (Å²) in [6.07, 6.45) is 0. The van der Waals surface area contributed by atoms with Crippen molar-refractivity contribution < 1.29 is 0 Å². The van der Waals surface area contributed by atoms with E-state index < -0.39 is 0 Å². The maximum atomic E-state index is 5.27. The summed E-state index contributed by atoms with van der Waals surface area (Å²) in [4.78, 5) is 15.6. The summed E-state index contributed by atoms with van der Waals surface area (Å²) in [7, 11) is 0. The number of rotatable bonds is 4. The van der Waals surface area contributed by atoms with Gasteiger partial charge in [0.1, 0.15) is 0 Å². The molecule has 0 fully saturated rings. The van der Waals surface area contributed by atoms with Gasteiger partial charge in [-0.15, -0.1) is 0 Å². The van der Waals surface area contributed by atoms with Crippen LogP contribution >= 0.6 is 0 Å². The first kappa shape index (κ1) is 29.5. The van der Waals surface area contributed by atoms with Crippen LogP contribution in [0.1, 0.15) is 25.0 Å². The van der Waals surface area contributed by atoms with Crippen LogP contribution in [0.2, 0.25) is 0 Å². The topological polar surface area (TPSA) is 38.7 Å². The number of fused-ring (bicyclic) bond motifs is 7. The molecule has 240 valence electrons. The van der Waals surface area contributed by atoms with E-state index in [1.54, 1.807) is 0 Å². The fraction of sp³-hybridized carbons (Fsp3) is 0.0625. The normalized spacial score (nSPS) is 13.1. The Balaban J connectivity index is 1.17. The fourth-order valence-electron chi connectivity index (χ4n) is 8.19. The minimum atomic E-state index is -0.0466. The smallest absolute Gasteiger partial charge is 0.165 e. The van der Waals surface area contributed by atoms with Gasteiger partial charge in [-0.25, -0.2) is 15.0 Å². The Kier molecular flexibility index (Phi) is 6.53. The highest BCUT2D eigenvalue weighted by atomic mass is 15.0. The second-order valence-corrected chi connectivity index (χ2v) is 14.0. The first-order chi connectivity index (χ1) is 25.0. The van der Waals surface area contributed by atoms with Gasteiger partial charge < -0.3 is 0 Å². The molecule has 10 rings (SSSR count). The van der Waals surface area contributed by atoms with Crippen molar-refractivity contribution in [3.63, 3.8) is 0 Å². The van der Waals surface area contributed by atoms with Gasteiger partial charge in [0, 0.05) is 22.1 Å². The van der Waals surface area contributed by atoms with Gasteiger partial charge >= 0.3 is 0 Å². The predicted molar refractivity (Wildman–Crippen MR) is 212 cm³/mol. The molecule has 1 aromatic heterocycles. The average Bonchev–Trinajstić information content (AvgIpc) is 3.43. The zero-order valence-electron chi connectivity index (χ0n) is 28.4. The van der Waals surface area contributed by atoms with E-state index in [-0.39, 0.29) is 5.41 Å². The Morgan fingerprint density at radius 2 is 0.941 bits per heavy atom. The molecule has 0 radical (unpaired) electrons. The highest BCUT2D eigenvalue weighted by Crippen LogP contribution is 2.52. The number of aromatic nitrogens is 3. The van der Waals surface area contributed by atoms with Gasteiger partial charge in [-0.2, -0.15) is 0 Å². The first-order valence-corrected chi connectivity index (χ1v) is 17.5. The molecule has 0 aliphatic heterocycles. The Morgan fingerprint density at radius 1 is 0.353 bits per heavy atom. The molecular formula is C48H33N3. The molecule has 1 aliphatic rings. The van der Waals surface area contributed by atoms with Crippen LogP contribution in [-0.2, 0) is 5.41 Å². The molecule has 0 bridgehead atoms. The molecule has 51 heavy (non-hydrogen) atoms. The van der Waals surface area contributed by atoms with Gasteiger partial charge in [0.15, 0.2) is 17.5 Å². The molecule has 1 aliphatic carbocycles. The molecule has 3 nitrogen and oxygen atoms in total. The summed E-state index contributed by atoms with van der Waals surface area (Å²) < 4.78 is 0. The summed E-state index contributed by atoms with van der Waals surface area (Å²) in [5, 5.41) is 7.02. The zero-order chi connectivity index (χ0) is 34.1. The first-order valence-electron chi connectivity index (χ1n) is 17.5. The Hall–Kier alpha value is -6.45. The van der Waals surface area contributed by atoms with Crippen molar-refractivity contribution in [2.24, 2.45) is 0 Å². The summed E-state index contributed by atoms with van der Waals surface area (Å²) in [6.45, 7) is 4.66. The van der Waals surface area contributed by atoms with Gasteiger partial charge in [0.25, 0.3) is 0 Å². The predicted octanol–water partition coefficient (Wildman–Crippen LogP) is 12.3. The van der Waals surface area contributed by atoms with Gasteiger partial charge in [0.05, 0.1) is 0 Å². The van der Waals surface area contributed by atoms with Crippen LogP contribution in [-0.4, -0.2) is 15.0 Å². The van der Waals surface area contributed by atoms with Crippen molar-refractivity contribution >= 4 is 32.3 Å². The molecule has 0 unspecified atom stereocenters. The maximum Gasteiger partial charge on any atom is 0.165 e. The van der Waals surface area contributed by atoms with E-state index in [2.05, 4.69) is 159 Å². The minimum absolute atomic E-state index is 0.0466. The Bertz CT molecular complexity index is 2820. The standard InChI is InChI=1S/C48H33N3/c1-48(2)41-21-11-10-19-39(41)43-36(20-12-22-42(43)48)31-23-25-33(26-24-31)46-49-45(32-14-4-3-5-15-32)50-47(51-46)44-37-18-9-7-16-34(37)29-40-35-17-8-6-13-30(35)27-28-38(40)44/h3-29H,1-2H3.